The van der Waals surface area contributed by atoms with Gasteiger partial charge in [-0.2, -0.15) is 5.10 Å². The molecule has 0 aliphatic rings. The molecule has 3 rings (SSSR count). The molecule has 0 aliphatic heterocycles. The first kappa shape index (κ1) is 20.0. The van der Waals surface area contributed by atoms with Crippen molar-refractivity contribution in [2.24, 2.45) is 0 Å². The monoisotopic (exact) mass is 400 g/mol. The molecule has 8 heteroatoms. The summed E-state index contributed by atoms with van der Waals surface area (Å²) in [4.78, 5) is 17.6. The van der Waals surface area contributed by atoms with Gasteiger partial charge < -0.3 is 5.32 Å². The molecule has 0 saturated heterocycles. The van der Waals surface area contributed by atoms with E-state index in [-0.39, 0.29) is 30.0 Å². The van der Waals surface area contributed by atoms with E-state index in [0.29, 0.717) is 22.3 Å². The zero-order valence-corrected chi connectivity index (χ0v) is 17.0. The Balaban J connectivity index is 2.01. The molecular weight excluding hydrogens is 376 g/mol. The number of amides is 1. The number of carbonyl (C=O) groups is 1. The Hall–Kier alpha value is -2.74. The van der Waals surface area contributed by atoms with E-state index < -0.39 is 9.84 Å². The third kappa shape index (κ3) is 4.22. The van der Waals surface area contributed by atoms with Crippen molar-refractivity contribution < 1.29 is 13.2 Å². The van der Waals surface area contributed by atoms with E-state index in [9.17, 15) is 13.2 Å². The summed E-state index contributed by atoms with van der Waals surface area (Å²) in [5.41, 5.74) is 2.62. The molecule has 0 aliphatic carbocycles. The van der Waals surface area contributed by atoms with E-state index in [1.807, 2.05) is 44.2 Å². The maximum Gasteiger partial charge on any atom is 0.252 e. The standard InChI is InChI=1S/C20H24N4O3S/c1-4-28(26,27)11-10-21-20(25)16-12-18(15-8-6-5-7-9-15)23-19-17(16)13-22-24(19)14(2)3/h5-9,12-14H,4,10-11H2,1-3H3,(H,21,25). The zero-order chi connectivity index (χ0) is 20.3. The number of rotatable bonds is 7. The molecule has 7 nitrogen and oxygen atoms in total. The second-order valence-electron chi connectivity index (χ2n) is 6.83. The van der Waals surface area contributed by atoms with Crippen LogP contribution in [0.2, 0.25) is 0 Å². The molecule has 0 fully saturated rings. The Kier molecular flexibility index (Phi) is 5.79. The van der Waals surface area contributed by atoms with Gasteiger partial charge in [-0.1, -0.05) is 37.3 Å². The van der Waals surface area contributed by atoms with Crippen LogP contribution in [-0.4, -0.2) is 47.1 Å². The molecule has 0 atom stereocenters. The van der Waals surface area contributed by atoms with Crippen molar-refractivity contribution in [3.8, 4) is 11.3 Å². The normalized spacial score (nSPS) is 11.9. The predicted molar refractivity (Wildman–Crippen MR) is 110 cm³/mol. The number of benzene rings is 1. The molecule has 1 N–H and O–H groups in total. The lowest BCUT2D eigenvalue weighted by Crippen LogP contribution is -2.29. The fourth-order valence-corrected chi connectivity index (χ4v) is 3.60. The average Bonchev–Trinajstić information content (AvgIpc) is 3.12. The molecule has 2 heterocycles. The van der Waals surface area contributed by atoms with Crippen LogP contribution in [0.4, 0.5) is 0 Å². The van der Waals surface area contributed by atoms with Crippen LogP contribution in [0, 0.1) is 0 Å². The number of fused-ring (bicyclic) bond motifs is 1. The number of aromatic nitrogens is 3. The maximum atomic E-state index is 12.8. The third-order valence-corrected chi connectivity index (χ3v) is 6.21. The first-order chi connectivity index (χ1) is 13.3. The van der Waals surface area contributed by atoms with Crippen molar-refractivity contribution >= 4 is 26.8 Å². The summed E-state index contributed by atoms with van der Waals surface area (Å²) < 4.78 is 25.1. The quantitative estimate of drug-likeness (QED) is 0.658. The van der Waals surface area contributed by atoms with Gasteiger partial charge in [-0.3, -0.25) is 4.79 Å². The summed E-state index contributed by atoms with van der Waals surface area (Å²) in [6.07, 6.45) is 1.63. The molecule has 0 bridgehead atoms. The van der Waals surface area contributed by atoms with Crippen molar-refractivity contribution in [2.45, 2.75) is 26.8 Å². The van der Waals surface area contributed by atoms with Crippen LogP contribution in [0.25, 0.3) is 22.3 Å². The second-order valence-corrected chi connectivity index (χ2v) is 9.31. The van der Waals surface area contributed by atoms with Crippen molar-refractivity contribution in [2.75, 3.05) is 18.1 Å². The van der Waals surface area contributed by atoms with Crippen LogP contribution in [0.3, 0.4) is 0 Å². The van der Waals surface area contributed by atoms with Crippen LogP contribution in [0.1, 0.15) is 37.2 Å². The van der Waals surface area contributed by atoms with E-state index in [0.717, 1.165) is 5.56 Å². The van der Waals surface area contributed by atoms with Crippen molar-refractivity contribution in [3.63, 3.8) is 0 Å². The molecule has 0 saturated carbocycles. The smallest absolute Gasteiger partial charge is 0.252 e. The molecule has 0 radical (unpaired) electrons. The summed E-state index contributed by atoms with van der Waals surface area (Å²) in [5, 5.41) is 7.74. The lowest BCUT2D eigenvalue weighted by atomic mass is 10.1. The van der Waals surface area contributed by atoms with Gasteiger partial charge >= 0.3 is 0 Å². The SMILES string of the molecule is CCS(=O)(=O)CCNC(=O)c1cc(-c2ccccc2)nc2c1cnn2C(C)C. The van der Waals surface area contributed by atoms with Crippen LogP contribution < -0.4 is 5.32 Å². The van der Waals surface area contributed by atoms with Gasteiger partial charge in [-0.15, -0.1) is 0 Å². The number of hydrogen-bond acceptors (Lipinski definition) is 5. The van der Waals surface area contributed by atoms with Crippen LogP contribution in [0.5, 0.6) is 0 Å². The largest absolute Gasteiger partial charge is 0.351 e. The van der Waals surface area contributed by atoms with E-state index in [1.54, 1.807) is 23.9 Å². The maximum absolute atomic E-state index is 12.8. The van der Waals surface area contributed by atoms with E-state index in [2.05, 4.69) is 10.4 Å². The molecule has 148 valence electrons. The summed E-state index contributed by atoms with van der Waals surface area (Å²) in [7, 11) is -3.14. The molecular formula is C20H24N4O3S. The van der Waals surface area contributed by atoms with Gasteiger partial charge in [0.05, 0.1) is 28.6 Å². The molecule has 1 amide bonds. The third-order valence-electron chi connectivity index (χ3n) is 4.51. The first-order valence-electron chi connectivity index (χ1n) is 9.24. The van der Waals surface area contributed by atoms with E-state index >= 15 is 0 Å². The molecule has 1 aromatic carbocycles. The number of nitrogens with one attached hydrogen (secondary N) is 1. The minimum absolute atomic E-state index is 0.0572. The highest BCUT2D eigenvalue weighted by Crippen LogP contribution is 2.26. The molecule has 28 heavy (non-hydrogen) atoms. The zero-order valence-electron chi connectivity index (χ0n) is 16.2. The van der Waals surface area contributed by atoms with E-state index in [1.165, 1.54) is 0 Å². The highest BCUT2D eigenvalue weighted by Gasteiger charge is 2.19. The Morgan fingerprint density at radius 2 is 1.93 bits per heavy atom. The molecule has 0 spiro atoms. The van der Waals surface area contributed by atoms with Crippen molar-refractivity contribution in [1.82, 2.24) is 20.1 Å². The van der Waals surface area contributed by atoms with Gasteiger partial charge in [-0.25, -0.2) is 18.1 Å². The Bertz CT molecular complexity index is 1090. The molecule has 3 aromatic rings. The minimum atomic E-state index is -3.14. The summed E-state index contributed by atoms with van der Waals surface area (Å²) in [6.45, 7) is 5.66. The second kappa shape index (κ2) is 8.10. The van der Waals surface area contributed by atoms with Crippen LogP contribution >= 0.6 is 0 Å². The van der Waals surface area contributed by atoms with Crippen molar-refractivity contribution in [3.05, 3.63) is 48.2 Å². The van der Waals surface area contributed by atoms with E-state index in [4.69, 9.17) is 4.98 Å². The van der Waals surface area contributed by atoms with Gasteiger partial charge in [0.15, 0.2) is 15.5 Å². The Labute approximate surface area is 164 Å². The predicted octanol–water partition coefficient (Wildman–Crippen LogP) is 2.84. The first-order valence-corrected chi connectivity index (χ1v) is 11.1. The molecule has 0 unspecified atom stereocenters. The fraction of sp³-hybridized carbons (Fsp3) is 0.350. The number of pyridine rings is 1. The van der Waals surface area contributed by atoms with Gasteiger partial charge in [0.25, 0.3) is 5.91 Å². The Morgan fingerprint density at radius 3 is 2.57 bits per heavy atom. The number of carbonyl (C=O) groups excluding carboxylic acids is 1. The average molecular weight is 401 g/mol. The fourth-order valence-electron chi connectivity index (χ4n) is 2.90. The summed E-state index contributed by atoms with van der Waals surface area (Å²) in [6, 6.07) is 11.4. The lowest BCUT2D eigenvalue weighted by Gasteiger charge is -2.11. The number of hydrogen-bond donors (Lipinski definition) is 1. The Morgan fingerprint density at radius 1 is 1.21 bits per heavy atom. The highest BCUT2D eigenvalue weighted by atomic mass is 32.2. The topological polar surface area (TPSA) is 93.9 Å². The molecule has 2 aromatic heterocycles. The number of sulfone groups is 1. The van der Waals surface area contributed by atoms with Crippen molar-refractivity contribution in [1.29, 1.82) is 0 Å². The highest BCUT2D eigenvalue weighted by molar-refractivity contribution is 7.91. The van der Waals surface area contributed by atoms with Gasteiger partial charge in [0.2, 0.25) is 0 Å². The van der Waals surface area contributed by atoms with Crippen LogP contribution in [0.15, 0.2) is 42.6 Å². The lowest BCUT2D eigenvalue weighted by molar-refractivity contribution is 0.0957. The van der Waals surface area contributed by atoms with Gasteiger partial charge in [-0.05, 0) is 19.9 Å². The number of nitrogens with zero attached hydrogens (tertiary/aromatic N) is 3. The van der Waals surface area contributed by atoms with Gasteiger partial charge in [0, 0.05) is 23.9 Å². The summed E-state index contributed by atoms with van der Waals surface area (Å²) in [5.74, 6) is -0.360. The minimum Gasteiger partial charge on any atom is -0.351 e. The van der Waals surface area contributed by atoms with Gasteiger partial charge in [0.1, 0.15) is 0 Å². The summed E-state index contributed by atoms with van der Waals surface area (Å²) >= 11 is 0. The van der Waals surface area contributed by atoms with Crippen LogP contribution in [-0.2, 0) is 9.84 Å².